The number of anilines is 1. The van der Waals surface area contributed by atoms with Crippen LogP contribution in [-0.2, 0) is 0 Å². The van der Waals surface area contributed by atoms with Crippen LogP contribution in [0.25, 0.3) is 0 Å². The first-order valence-electron chi connectivity index (χ1n) is 5.79. The van der Waals surface area contributed by atoms with Crippen molar-refractivity contribution in [2.24, 2.45) is 5.92 Å². The minimum atomic E-state index is 0.566. The number of nitrogens with zero attached hydrogens (tertiary/aromatic N) is 1. The molecule has 84 valence electrons. The molecule has 0 radical (unpaired) electrons. The van der Waals surface area contributed by atoms with Gasteiger partial charge in [0, 0.05) is 30.0 Å². The SMILES string of the molecule is CCC(C)C1=CN(c2ccccc2)C=CN1. The van der Waals surface area contributed by atoms with Crippen LogP contribution in [0.15, 0.2) is 54.6 Å². The van der Waals surface area contributed by atoms with Crippen molar-refractivity contribution in [3.8, 4) is 0 Å². The Morgan fingerprint density at radius 2 is 2.00 bits per heavy atom. The van der Waals surface area contributed by atoms with E-state index in [4.69, 9.17) is 0 Å². The highest BCUT2D eigenvalue weighted by Crippen LogP contribution is 2.20. The molecule has 2 nitrogen and oxygen atoms in total. The summed E-state index contributed by atoms with van der Waals surface area (Å²) in [6, 6.07) is 10.4. The Hall–Kier alpha value is -1.70. The molecule has 0 bridgehead atoms. The molecule has 1 aliphatic heterocycles. The molecule has 1 aromatic rings. The Kier molecular flexibility index (Phi) is 3.30. The predicted octanol–water partition coefficient (Wildman–Crippen LogP) is 3.45. The molecular weight excluding hydrogens is 196 g/mol. The number of hydrogen-bond acceptors (Lipinski definition) is 2. The van der Waals surface area contributed by atoms with Gasteiger partial charge in [0.25, 0.3) is 0 Å². The fraction of sp³-hybridized carbons (Fsp3) is 0.286. The van der Waals surface area contributed by atoms with E-state index >= 15 is 0 Å². The first-order chi connectivity index (χ1) is 7.81. The average molecular weight is 214 g/mol. The molecule has 0 aliphatic carbocycles. The van der Waals surface area contributed by atoms with Crippen molar-refractivity contribution >= 4 is 5.69 Å². The van der Waals surface area contributed by atoms with Crippen LogP contribution in [0.4, 0.5) is 5.69 Å². The van der Waals surface area contributed by atoms with Crippen molar-refractivity contribution < 1.29 is 0 Å². The predicted molar refractivity (Wildman–Crippen MR) is 68.7 cm³/mol. The molecular formula is C14H18N2. The topological polar surface area (TPSA) is 15.3 Å². The van der Waals surface area contributed by atoms with Crippen LogP contribution in [-0.4, -0.2) is 0 Å². The number of para-hydroxylation sites is 1. The highest BCUT2D eigenvalue weighted by Gasteiger charge is 2.10. The Morgan fingerprint density at radius 1 is 1.25 bits per heavy atom. The summed E-state index contributed by atoms with van der Waals surface area (Å²) in [5.41, 5.74) is 2.47. The van der Waals surface area contributed by atoms with Gasteiger partial charge in [-0.05, 0) is 24.5 Å². The number of allylic oxidation sites excluding steroid dienone is 1. The molecule has 0 amide bonds. The second-order valence-corrected chi connectivity index (χ2v) is 4.10. The van der Waals surface area contributed by atoms with E-state index < -0.39 is 0 Å². The fourth-order valence-electron chi connectivity index (χ4n) is 1.69. The van der Waals surface area contributed by atoms with Crippen LogP contribution in [0.2, 0.25) is 0 Å². The molecule has 0 saturated heterocycles. The standard InChI is InChI=1S/C14H18N2/c1-3-12(2)14-11-16(10-9-15-14)13-7-5-4-6-8-13/h4-12,15H,3H2,1-2H3. The van der Waals surface area contributed by atoms with E-state index in [9.17, 15) is 0 Å². The maximum Gasteiger partial charge on any atom is 0.0450 e. The van der Waals surface area contributed by atoms with Gasteiger partial charge in [-0.15, -0.1) is 0 Å². The second kappa shape index (κ2) is 4.88. The van der Waals surface area contributed by atoms with Gasteiger partial charge in [0.05, 0.1) is 0 Å². The van der Waals surface area contributed by atoms with Gasteiger partial charge < -0.3 is 10.2 Å². The number of benzene rings is 1. The van der Waals surface area contributed by atoms with Crippen molar-refractivity contribution in [2.45, 2.75) is 20.3 Å². The summed E-state index contributed by atoms with van der Waals surface area (Å²) < 4.78 is 0. The lowest BCUT2D eigenvalue weighted by Crippen LogP contribution is -2.23. The van der Waals surface area contributed by atoms with E-state index in [1.807, 2.05) is 18.5 Å². The van der Waals surface area contributed by atoms with Gasteiger partial charge >= 0.3 is 0 Å². The molecule has 1 unspecified atom stereocenters. The molecule has 1 aliphatic rings. The van der Waals surface area contributed by atoms with E-state index in [1.165, 1.54) is 11.4 Å². The number of nitrogens with one attached hydrogen (secondary N) is 1. The smallest absolute Gasteiger partial charge is 0.0450 e. The summed E-state index contributed by atoms with van der Waals surface area (Å²) in [6.07, 6.45) is 7.36. The molecule has 0 spiro atoms. The van der Waals surface area contributed by atoms with Crippen LogP contribution in [0.1, 0.15) is 20.3 Å². The highest BCUT2D eigenvalue weighted by molar-refractivity contribution is 5.53. The molecule has 1 atom stereocenters. The van der Waals surface area contributed by atoms with Crippen LogP contribution in [0.3, 0.4) is 0 Å². The summed E-state index contributed by atoms with van der Waals surface area (Å²) in [5, 5.41) is 3.31. The number of hydrogen-bond donors (Lipinski definition) is 1. The monoisotopic (exact) mass is 214 g/mol. The van der Waals surface area contributed by atoms with Crippen molar-refractivity contribution in [1.82, 2.24) is 5.32 Å². The normalized spacial score (nSPS) is 16.6. The van der Waals surface area contributed by atoms with Gasteiger partial charge in [-0.1, -0.05) is 32.0 Å². The maximum absolute atomic E-state index is 3.31. The number of rotatable bonds is 3. The summed E-state index contributed by atoms with van der Waals surface area (Å²) >= 11 is 0. The third-order valence-corrected chi connectivity index (χ3v) is 2.96. The van der Waals surface area contributed by atoms with Crippen LogP contribution < -0.4 is 10.2 Å². The third-order valence-electron chi connectivity index (χ3n) is 2.96. The van der Waals surface area contributed by atoms with Gasteiger partial charge in [-0.3, -0.25) is 0 Å². The fourth-order valence-corrected chi connectivity index (χ4v) is 1.69. The van der Waals surface area contributed by atoms with Crippen molar-refractivity contribution in [3.05, 3.63) is 54.6 Å². The second-order valence-electron chi connectivity index (χ2n) is 4.10. The lowest BCUT2D eigenvalue weighted by molar-refractivity contribution is 0.614. The van der Waals surface area contributed by atoms with Gasteiger partial charge in [-0.2, -0.15) is 0 Å². The largest absolute Gasteiger partial charge is 0.362 e. The zero-order valence-corrected chi connectivity index (χ0v) is 9.85. The lowest BCUT2D eigenvalue weighted by atomic mass is 10.1. The third kappa shape index (κ3) is 2.27. The minimum Gasteiger partial charge on any atom is -0.362 e. The zero-order valence-electron chi connectivity index (χ0n) is 9.85. The van der Waals surface area contributed by atoms with Crippen LogP contribution in [0.5, 0.6) is 0 Å². The molecule has 16 heavy (non-hydrogen) atoms. The summed E-state index contributed by atoms with van der Waals surface area (Å²) in [4.78, 5) is 2.15. The van der Waals surface area contributed by atoms with Gasteiger partial charge in [0.15, 0.2) is 0 Å². The van der Waals surface area contributed by atoms with Crippen LogP contribution >= 0.6 is 0 Å². The van der Waals surface area contributed by atoms with E-state index in [2.05, 4.69) is 54.5 Å². The first kappa shape index (κ1) is 10.8. The highest BCUT2D eigenvalue weighted by atomic mass is 15.1. The Labute approximate surface area is 97.3 Å². The Balaban J connectivity index is 2.20. The van der Waals surface area contributed by atoms with E-state index in [1.54, 1.807) is 0 Å². The lowest BCUT2D eigenvalue weighted by Gasteiger charge is -2.25. The van der Waals surface area contributed by atoms with E-state index in [0.717, 1.165) is 6.42 Å². The Morgan fingerprint density at radius 3 is 2.69 bits per heavy atom. The maximum atomic E-state index is 3.31. The molecule has 0 aromatic heterocycles. The molecule has 0 fully saturated rings. The van der Waals surface area contributed by atoms with Crippen molar-refractivity contribution in [2.75, 3.05) is 4.90 Å². The molecule has 1 N–H and O–H groups in total. The van der Waals surface area contributed by atoms with Gasteiger partial charge in [0.2, 0.25) is 0 Å². The first-order valence-corrected chi connectivity index (χ1v) is 5.79. The van der Waals surface area contributed by atoms with Crippen molar-refractivity contribution in [1.29, 1.82) is 0 Å². The van der Waals surface area contributed by atoms with Gasteiger partial charge in [-0.25, -0.2) is 0 Å². The minimum absolute atomic E-state index is 0.566. The Bertz CT molecular complexity index is 392. The quantitative estimate of drug-likeness (QED) is 0.829. The van der Waals surface area contributed by atoms with Crippen LogP contribution in [0, 0.1) is 5.92 Å². The summed E-state index contributed by atoms with van der Waals surface area (Å²) in [5.74, 6) is 0.566. The molecule has 1 heterocycles. The molecule has 0 saturated carbocycles. The summed E-state index contributed by atoms with van der Waals surface area (Å²) in [6.45, 7) is 4.44. The molecule has 2 rings (SSSR count). The zero-order chi connectivity index (χ0) is 11.4. The van der Waals surface area contributed by atoms with E-state index in [-0.39, 0.29) is 0 Å². The van der Waals surface area contributed by atoms with Crippen molar-refractivity contribution in [3.63, 3.8) is 0 Å². The molecule has 1 aromatic carbocycles. The average Bonchev–Trinajstić information content (AvgIpc) is 2.39. The summed E-state index contributed by atoms with van der Waals surface area (Å²) in [7, 11) is 0. The molecule has 2 heteroatoms. The van der Waals surface area contributed by atoms with E-state index in [0.29, 0.717) is 5.92 Å². The van der Waals surface area contributed by atoms with Gasteiger partial charge in [0.1, 0.15) is 0 Å².